The maximum atomic E-state index is 9.84. The molecule has 0 fully saturated rings. The molecule has 1 rings (SSSR count). The molecule has 0 aromatic heterocycles. The van der Waals surface area contributed by atoms with E-state index >= 15 is 0 Å². The largest absolute Gasteiger partial charge is 0.412 e. The van der Waals surface area contributed by atoms with Crippen LogP contribution in [0.25, 0.3) is 0 Å². The first-order valence-corrected chi connectivity index (χ1v) is 1.75. The quantitative estimate of drug-likeness (QED) is 0.407. The lowest BCUT2D eigenvalue weighted by Gasteiger charge is -1.98. The lowest BCUT2D eigenvalue weighted by molar-refractivity contribution is 0.262. The summed E-state index contributed by atoms with van der Waals surface area (Å²) in [6.07, 6.45) is 3.51. The molecule has 0 aliphatic heterocycles. The topological polar surface area (TPSA) is 51.4 Å². The Hall–Kier alpha value is -0.500. The summed E-state index contributed by atoms with van der Waals surface area (Å²) in [7, 11) is 0. The third-order valence-corrected chi connectivity index (χ3v) is 0.763. The average Bonchev–Trinajstić information content (AvgIpc) is 1.30. The van der Waals surface area contributed by atoms with Crippen LogP contribution >= 0.6 is 0 Å². The molecule has 0 aromatic carbocycles. The van der Waals surface area contributed by atoms with Crippen LogP contribution in [0.5, 0.6) is 0 Å². The molecule has 1 radical (unpaired) electrons. The highest BCUT2D eigenvalue weighted by Crippen LogP contribution is 2.13. The molecule has 1 aliphatic rings. The van der Waals surface area contributed by atoms with Crippen LogP contribution in [0.3, 0.4) is 0 Å². The van der Waals surface area contributed by atoms with Gasteiger partial charge in [-0.25, -0.2) is 0 Å². The summed E-state index contributed by atoms with van der Waals surface area (Å²) in [5, 5.41) is 9.84. The zero-order valence-electron chi connectivity index (χ0n) is 3.40. The molecule has 0 saturated heterocycles. The molecule has 6 heavy (non-hydrogen) atoms. The molecular weight excluding hydrogens is 80.0 g/mol. The van der Waals surface area contributed by atoms with Crippen molar-refractivity contribution in [3.63, 3.8) is 0 Å². The average molecular weight is 87.1 g/mol. The first-order chi connectivity index (χ1) is 2.39. The summed E-state index contributed by atoms with van der Waals surface area (Å²) in [5.74, 6) is 0.310. The van der Waals surface area contributed by atoms with Gasteiger partial charge in [0.05, 0.1) is 0 Å². The molecule has 2 nitrogen and oxygen atoms in total. The van der Waals surface area contributed by atoms with Gasteiger partial charge in [0.2, 0.25) is 0 Å². The van der Waals surface area contributed by atoms with Gasteiger partial charge in [-0.2, -0.15) is 0 Å². The van der Waals surface area contributed by atoms with E-state index in [-0.39, 0.29) is 5.48 Å². The summed E-state index contributed by atoms with van der Waals surface area (Å²) >= 11 is 0. The van der Waals surface area contributed by atoms with E-state index in [1.807, 2.05) is 0 Å². The van der Waals surface area contributed by atoms with Crippen molar-refractivity contribution in [2.45, 2.75) is 12.8 Å². The van der Waals surface area contributed by atoms with Gasteiger partial charge >= 0.3 is 0 Å². The molecular formula is C4H7O2. The second-order valence-electron chi connectivity index (χ2n) is 1.21. The minimum atomic E-state index is 0. The van der Waals surface area contributed by atoms with Crippen LogP contribution in [-0.4, -0.2) is 5.48 Å². The first kappa shape index (κ1) is 5.50. The van der Waals surface area contributed by atoms with E-state index in [1.165, 1.54) is 0 Å². The van der Waals surface area contributed by atoms with E-state index in [0.717, 1.165) is 12.8 Å². The van der Waals surface area contributed by atoms with E-state index in [0.29, 0.717) is 5.76 Å². The van der Waals surface area contributed by atoms with Gasteiger partial charge in [0.15, 0.2) is 5.76 Å². The van der Waals surface area contributed by atoms with Crippen molar-refractivity contribution >= 4 is 0 Å². The Morgan fingerprint density at radius 1 is 1.67 bits per heavy atom. The molecule has 35 valence electrons. The molecule has 1 aliphatic carbocycles. The van der Waals surface area contributed by atoms with E-state index < -0.39 is 0 Å². The lowest BCUT2D eigenvalue weighted by Crippen LogP contribution is -1.87. The highest BCUT2D eigenvalue weighted by molar-refractivity contribution is 5.01. The van der Waals surface area contributed by atoms with Crippen LogP contribution in [0.15, 0.2) is 11.8 Å². The molecule has 0 amide bonds. The van der Waals surface area contributed by atoms with Crippen LogP contribution in [0.1, 0.15) is 12.8 Å². The first-order valence-electron chi connectivity index (χ1n) is 1.75. The Labute approximate surface area is 36.4 Å². The molecule has 0 spiro atoms. The molecule has 0 atom stereocenters. The van der Waals surface area contributed by atoms with Crippen LogP contribution in [0.2, 0.25) is 0 Å². The van der Waals surface area contributed by atoms with Gasteiger partial charge < -0.3 is 5.48 Å². The third kappa shape index (κ3) is 0.723. The zero-order chi connectivity index (χ0) is 3.70. The van der Waals surface area contributed by atoms with Crippen LogP contribution in [0.4, 0.5) is 0 Å². The van der Waals surface area contributed by atoms with Crippen LogP contribution < -0.4 is 0 Å². The summed E-state index contributed by atoms with van der Waals surface area (Å²) in [6.45, 7) is 0. The van der Waals surface area contributed by atoms with E-state index in [4.69, 9.17) is 0 Å². The van der Waals surface area contributed by atoms with Crippen molar-refractivity contribution in [2.75, 3.05) is 0 Å². The Morgan fingerprint density at radius 3 is 2.00 bits per heavy atom. The highest BCUT2D eigenvalue weighted by atomic mass is 16.3. The molecule has 0 aromatic rings. The molecule has 0 heterocycles. The Kier molecular flexibility index (Phi) is 1.67. The van der Waals surface area contributed by atoms with Crippen LogP contribution in [0, 0.1) is 0 Å². The minimum Gasteiger partial charge on any atom is -0.412 e. The van der Waals surface area contributed by atoms with Crippen molar-refractivity contribution in [3.05, 3.63) is 11.8 Å². The summed E-state index contributed by atoms with van der Waals surface area (Å²) in [6, 6.07) is 0. The third-order valence-electron chi connectivity index (χ3n) is 0.763. The van der Waals surface area contributed by atoms with Gasteiger partial charge in [-0.3, -0.25) is 5.11 Å². The Bertz CT molecular complexity index is 65.9. The number of allylic oxidation sites excluding steroid dienone is 2. The summed E-state index contributed by atoms with van der Waals surface area (Å²) in [5.41, 5.74) is 0. The van der Waals surface area contributed by atoms with Crippen molar-refractivity contribution in [2.24, 2.45) is 0 Å². The number of hydrogen-bond acceptors (Lipinski definition) is 0. The SMILES string of the molecule is O.[O]C1=CCC1. The van der Waals surface area contributed by atoms with E-state index in [2.05, 4.69) is 0 Å². The van der Waals surface area contributed by atoms with Crippen molar-refractivity contribution in [3.8, 4) is 0 Å². The minimum absolute atomic E-state index is 0. The fraction of sp³-hybridized carbons (Fsp3) is 0.500. The molecule has 0 unspecified atom stereocenters. The van der Waals surface area contributed by atoms with Gasteiger partial charge in [0.25, 0.3) is 0 Å². The Balaban J connectivity index is 0.000000250. The smallest absolute Gasteiger partial charge is 0.152 e. The predicted octanol–water partition coefficient (Wildman–Crippen LogP) is 0.270. The summed E-state index contributed by atoms with van der Waals surface area (Å²) in [4.78, 5) is 0. The van der Waals surface area contributed by atoms with Crippen molar-refractivity contribution in [1.29, 1.82) is 0 Å². The van der Waals surface area contributed by atoms with Gasteiger partial charge in [-0.05, 0) is 12.5 Å². The molecule has 2 N–H and O–H groups in total. The van der Waals surface area contributed by atoms with Crippen molar-refractivity contribution in [1.82, 2.24) is 0 Å². The Morgan fingerprint density at radius 2 is 2.00 bits per heavy atom. The normalized spacial score (nSPS) is 17.0. The standard InChI is InChI=1S/C4H5O.H2O/c5-4-2-1-3-4;/h2H,1,3H2;1H2. The van der Waals surface area contributed by atoms with Gasteiger partial charge in [-0.15, -0.1) is 0 Å². The highest BCUT2D eigenvalue weighted by Gasteiger charge is 2.01. The van der Waals surface area contributed by atoms with Crippen molar-refractivity contribution < 1.29 is 10.6 Å². The number of hydrogen-bond donors (Lipinski definition) is 0. The number of rotatable bonds is 0. The zero-order valence-corrected chi connectivity index (χ0v) is 3.40. The maximum absolute atomic E-state index is 9.84. The fourth-order valence-corrected chi connectivity index (χ4v) is 0.262. The second kappa shape index (κ2) is 1.82. The van der Waals surface area contributed by atoms with Crippen LogP contribution in [-0.2, 0) is 5.11 Å². The predicted molar refractivity (Wildman–Crippen MR) is 21.6 cm³/mol. The molecule has 2 heteroatoms. The van der Waals surface area contributed by atoms with Gasteiger partial charge in [0, 0.05) is 6.42 Å². The summed E-state index contributed by atoms with van der Waals surface area (Å²) < 4.78 is 0. The van der Waals surface area contributed by atoms with Gasteiger partial charge in [-0.1, -0.05) is 0 Å². The second-order valence-corrected chi connectivity index (χ2v) is 1.21. The lowest BCUT2D eigenvalue weighted by atomic mass is 10.1. The maximum Gasteiger partial charge on any atom is 0.152 e. The molecule has 0 bridgehead atoms. The molecule has 0 saturated carbocycles. The monoisotopic (exact) mass is 87.0 g/mol. The van der Waals surface area contributed by atoms with Gasteiger partial charge in [0.1, 0.15) is 0 Å². The fourth-order valence-electron chi connectivity index (χ4n) is 0.262. The van der Waals surface area contributed by atoms with E-state index in [9.17, 15) is 5.11 Å². The van der Waals surface area contributed by atoms with E-state index in [1.54, 1.807) is 6.08 Å².